The van der Waals surface area contributed by atoms with Crippen LogP contribution in [0.1, 0.15) is 41.6 Å². The molecule has 0 radical (unpaired) electrons. The van der Waals surface area contributed by atoms with Crippen LogP contribution in [0.4, 0.5) is 0 Å². The Balaban J connectivity index is 2.22. The van der Waals surface area contributed by atoms with E-state index in [1.807, 2.05) is 12.1 Å². The van der Waals surface area contributed by atoms with Crippen molar-refractivity contribution in [1.29, 1.82) is 0 Å². The summed E-state index contributed by atoms with van der Waals surface area (Å²) in [6.07, 6.45) is 4.65. The molecule has 1 aliphatic heterocycles. The van der Waals surface area contributed by atoms with Crippen LogP contribution < -0.4 is 14.8 Å². The molecule has 3 rings (SSSR count). The minimum atomic E-state index is -0.0234. The lowest BCUT2D eigenvalue weighted by molar-refractivity contribution is 0.0922. The van der Waals surface area contributed by atoms with Crippen molar-refractivity contribution in [2.45, 2.75) is 31.1 Å². The minimum Gasteiger partial charge on any atom is -0.497 e. The molecule has 1 N–H and O–H groups in total. The van der Waals surface area contributed by atoms with Gasteiger partial charge in [0.2, 0.25) is 0 Å². The van der Waals surface area contributed by atoms with E-state index >= 15 is 0 Å². The van der Waals surface area contributed by atoms with Crippen LogP contribution in [0.15, 0.2) is 12.1 Å². The number of hydrogen-bond acceptors (Lipinski definition) is 3. The lowest BCUT2D eigenvalue weighted by Crippen LogP contribution is -2.45. The second-order valence-electron chi connectivity index (χ2n) is 5.42. The van der Waals surface area contributed by atoms with Gasteiger partial charge in [-0.15, -0.1) is 0 Å². The molecule has 1 aromatic carbocycles. The van der Waals surface area contributed by atoms with E-state index in [1.54, 1.807) is 14.2 Å². The minimum absolute atomic E-state index is 0.0234. The van der Waals surface area contributed by atoms with Crippen molar-refractivity contribution in [3.63, 3.8) is 0 Å². The average Bonchev–Trinajstić information content (AvgIpc) is 2.91. The van der Waals surface area contributed by atoms with Gasteiger partial charge in [-0.05, 0) is 18.9 Å². The Morgan fingerprint density at radius 3 is 2.53 bits per heavy atom. The van der Waals surface area contributed by atoms with Crippen molar-refractivity contribution >= 4 is 5.91 Å². The SMILES string of the molecule is COc1cc(OC)c2c(c1)C(=O)NCC21CCCC1. The summed E-state index contributed by atoms with van der Waals surface area (Å²) >= 11 is 0. The number of carbonyl (C=O) groups excluding carboxylic acids is 1. The van der Waals surface area contributed by atoms with Crippen molar-refractivity contribution in [2.24, 2.45) is 0 Å². The fourth-order valence-corrected chi connectivity index (χ4v) is 3.51. The van der Waals surface area contributed by atoms with E-state index < -0.39 is 0 Å². The molecule has 102 valence electrons. The smallest absolute Gasteiger partial charge is 0.251 e. The Kier molecular flexibility index (Phi) is 2.88. The predicted molar refractivity (Wildman–Crippen MR) is 72.0 cm³/mol. The maximum Gasteiger partial charge on any atom is 0.251 e. The summed E-state index contributed by atoms with van der Waals surface area (Å²) in [4.78, 5) is 12.1. The Hall–Kier alpha value is -1.71. The predicted octanol–water partition coefficient (Wildman–Crippen LogP) is 2.26. The lowest BCUT2D eigenvalue weighted by atomic mass is 9.73. The summed E-state index contributed by atoms with van der Waals surface area (Å²) in [5, 5.41) is 3.02. The molecule has 0 aromatic heterocycles. The fraction of sp³-hybridized carbons (Fsp3) is 0.533. The highest BCUT2D eigenvalue weighted by molar-refractivity contribution is 5.98. The number of amides is 1. The molecule has 0 atom stereocenters. The third-order valence-electron chi connectivity index (χ3n) is 4.45. The molecule has 0 bridgehead atoms. The molecule has 2 aliphatic rings. The highest BCUT2D eigenvalue weighted by atomic mass is 16.5. The summed E-state index contributed by atoms with van der Waals surface area (Å²) in [7, 11) is 3.26. The van der Waals surface area contributed by atoms with Crippen molar-refractivity contribution in [3.8, 4) is 11.5 Å². The highest BCUT2D eigenvalue weighted by Gasteiger charge is 2.44. The first-order chi connectivity index (χ1) is 9.20. The standard InChI is InChI=1S/C15H19NO3/c1-18-10-7-11-13(12(8-10)19-2)15(5-3-4-6-15)9-16-14(11)17/h7-8H,3-6,9H2,1-2H3,(H,16,17). The van der Waals surface area contributed by atoms with Crippen molar-refractivity contribution in [3.05, 3.63) is 23.3 Å². The molecule has 1 heterocycles. The zero-order valence-electron chi connectivity index (χ0n) is 11.4. The first-order valence-corrected chi connectivity index (χ1v) is 6.75. The zero-order valence-corrected chi connectivity index (χ0v) is 11.4. The first kappa shape index (κ1) is 12.3. The summed E-state index contributed by atoms with van der Waals surface area (Å²) in [5.74, 6) is 1.43. The van der Waals surface area contributed by atoms with Gasteiger partial charge in [0.15, 0.2) is 0 Å². The highest BCUT2D eigenvalue weighted by Crippen LogP contribution is 2.48. The molecule has 1 fully saturated rings. The summed E-state index contributed by atoms with van der Waals surface area (Å²) in [6.45, 7) is 0.724. The lowest BCUT2D eigenvalue weighted by Gasteiger charge is -2.37. The van der Waals surface area contributed by atoms with E-state index in [9.17, 15) is 4.79 Å². The second-order valence-corrected chi connectivity index (χ2v) is 5.42. The van der Waals surface area contributed by atoms with E-state index in [-0.39, 0.29) is 11.3 Å². The largest absolute Gasteiger partial charge is 0.497 e. The maximum absolute atomic E-state index is 12.1. The number of benzene rings is 1. The molecule has 0 unspecified atom stereocenters. The maximum atomic E-state index is 12.1. The van der Waals surface area contributed by atoms with Crippen LogP contribution >= 0.6 is 0 Å². The van der Waals surface area contributed by atoms with E-state index in [2.05, 4.69) is 5.32 Å². The van der Waals surface area contributed by atoms with Gasteiger partial charge in [-0.3, -0.25) is 4.79 Å². The molecule has 1 saturated carbocycles. The summed E-state index contributed by atoms with van der Waals surface area (Å²) in [5.41, 5.74) is 1.85. The molecular weight excluding hydrogens is 242 g/mol. The van der Waals surface area contributed by atoms with Crippen LogP contribution in [0.25, 0.3) is 0 Å². The molecular formula is C15H19NO3. The second kappa shape index (κ2) is 4.44. The number of methoxy groups -OCH3 is 2. The molecule has 1 amide bonds. The van der Waals surface area contributed by atoms with Crippen LogP contribution in [-0.2, 0) is 5.41 Å². The van der Waals surface area contributed by atoms with Crippen LogP contribution in [0.5, 0.6) is 11.5 Å². The van der Waals surface area contributed by atoms with Gasteiger partial charge in [0, 0.05) is 23.6 Å². The fourth-order valence-electron chi connectivity index (χ4n) is 3.51. The van der Waals surface area contributed by atoms with Gasteiger partial charge in [-0.25, -0.2) is 0 Å². The molecule has 1 aromatic rings. The number of carbonyl (C=O) groups is 1. The number of ether oxygens (including phenoxy) is 2. The van der Waals surface area contributed by atoms with Gasteiger partial charge in [-0.2, -0.15) is 0 Å². The third-order valence-corrected chi connectivity index (χ3v) is 4.45. The molecule has 4 nitrogen and oxygen atoms in total. The van der Waals surface area contributed by atoms with E-state index in [0.29, 0.717) is 11.3 Å². The van der Waals surface area contributed by atoms with Gasteiger partial charge >= 0.3 is 0 Å². The van der Waals surface area contributed by atoms with E-state index in [1.165, 1.54) is 12.8 Å². The van der Waals surface area contributed by atoms with E-state index in [4.69, 9.17) is 9.47 Å². The molecule has 1 aliphatic carbocycles. The van der Waals surface area contributed by atoms with Crippen LogP contribution in [0.3, 0.4) is 0 Å². The number of fused-ring (bicyclic) bond motifs is 2. The Morgan fingerprint density at radius 1 is 1.16 bits per heavy atom. The number of rotatable bonds is 2. The first-order valence-electron chi connectivity index (χ1n) is 6.75. The summed E-state index contributed by atoms with van der Waals surface area (Å²) in [6, 6.07) is 3.71. The van der Waals surface area contributed by atoms with Gasteiger partial charge < -0.3 is 14.8 Å². The Labute approximate surface area is 113 Å². The van der Waals surface area contributed by atoms with E-state index in [0.717, 1.165) is 30.7 Å². The quantitative estimate of drug-likeness (QED) is 0.888. The summed E-state index contributed by atoms with van der Waals surface area (Å²) < 4.78 is 10.8. The molecule has 4 heteroatoms. The van der Waals surface area contributed by atoms with Gasteiger partial charge in [0.1, 0.15) is 11.5 Å². The monoisotopic (exact) mass is 261 g/mol. The van der Waals surface area contributed by atoms with Crippen molar-refractivity contribution in [2.75, 3.05) is 20.8 Å². The normalized spacial score (nSPS) is 20.0. The number of nitrogens with one attached hydrogen (secondary N) is 1. The Bertz CT molecular complexity index is 518. The molecule has 19 heavy (non-hydrogen) atoms. The van der Waals surface area contributed by atoms with Crippen LogP contribution in [0, 0.1) is 0 Å². The van der Waals surface area contributed by atoms with Crippen molar-refractivity contribution < 1.29 is 14.3 Å². The van der Waals surface area contributed by atoms with Crippen LogP contribution in [0.2, 0.25) is 0 Å². The zero-order chi connectivity index (χ0) is 13.5. The Morgan fingerprint density at radius 2 is 1.89 bits per heavy atom. The van der Waals surface area contributed by atoms with Gasteiger partial charge in [0.05, 0.1) is 19.8 Å². The third kappa shape index (κ3) is 1.78. The van der Waals surface area contributed by atoms with Crippen molar-refractivity contribution in [1.82, 2.24) is 5.32 Å². The average molecular weight is 261 g/mol. The van der Waals surface area contributed by atoms with Gasteiger partial charge in [0.25, 0.3) is 5.91 Å². The topological polar surface area (TPSA) is 47.6 Å². The molecule has 0 saturated heterocycles. The van der Waals surface area contributed by atoms with Crippen LogP contribution in [-0.4, -0.2) is 26.7 Å². The number of hydrogen-bond donors (Lipinski definition) is 1. The molecule has 1 spiro atoms. The van der Waals surface area contributed by atoms with Gasteiger partial charge in [-0.1, -0.05) is 12.8 Å².